The molecule has 1 aliphatic heterocycles. The van der Waals surface area contributed by atoms with E-state index in [0.29, 0.717) is 37.4 Å². The lowest BCUT2D eigenvalue weighted by Crippen LogP contribution is -2.35. The number of anilines is 1. The normalized spacial score (nSPS) is 15.0. The minimum Gasteiger partial charge on any atom is -0.494 e. The van der Waals surface area contributed by atoms with Crippen LogP contribution in [0.25, 0.3) is 11.0 Å². The summed E-state index contributed by atoms with van der Waals surface area (Å²) >= 11 is 0. The number of nitrogens with zero attached hydrogens (tertiary/aromatic N) is 3. The minimum atomic E-state index is -3.50. The molecule has 4 rings (SSSR count). The number of aryl methyl sites for hydroxylation is 1. The number of hydrogen-bond acceptors (Lipinski definition) is 5. The average Bonchev–Trinajstić information content (AvgIpc) is 3.22. The molecule has 0 unspecified atom stereocenters. The van der Waals surface area contributed by atoms with Crippen molar-refractivity contribution in [3.63, 3.8) is 0 Å². The van der Waals surface area contributed by atoms with Crippen LogP contribution in [0.4, 0.5) is 5.69 Å². The van der Waals surface area contributed by atoms with Gasteiger partial charge in [0.15, 0.2) is 0 Å². The highest BCUT2D eigenvalue weighted by Gasteiger charge is 2.26. The number of carbonyl (C=O) groups excluding carboxylic acids is 1. The van der Waals surface area contributed by atoms with E-state index in [9.17, 15) is 13.2 Å². The maximum absolute atomic E-state index is 12.9. The molecular weight excluding hydrogens is 428 g/mol. The number of sulfonamides is 1. The highest BCUT2D eigenvalue weighted by atomic mass is 32.2. The van der Waals surface area contributed by atoms with Gasteiger partial charge in [0.25, 0.3) is 0 Å². The van der Waals surface area contributed by atoms with Gasteiger partial charge in [0.2, 0.25) is 15.9 Å². The van der Waals surface area contributed by atoms with Gasteiger partial charge in [0.1, 0.15) is 5.75 Å². The van der Waals surface area contributed by atoms with Gasteiger partial charge in [-0.2, -0.15) is 4.31 Å². The van der Waals surface area contributed by atoms with Crippen molar-refractivity contribution in [1.29, 1.82) is 0 Å². The van der Waals surface area contributed by atoms with Gasteiger partial charge in [-0.15, -0.1) is 0 Å². The molecule has 0 saturated carbocycles. The molecule has 2 aromatic carbocycles. The van der Waals surface area contributed by atoms with Crippen LogP contribution in [-0.4, -0.2) is 47.9 Å². The monoisotopic (exact) mass is 456 g/mol. The molecule has 1 saturated heterocycles. The van der Waals surface area contributed by atoms with Crippen molar-refractivity contribution in [2.45, 2.75) is 44.0 Å². The van der Waals surface area contributed by atoms with Crippen LogP contribution in [0, 0.1) is 0 Å². The van der Waals surface area contributed by atoms with E-state index in [1.54, 1.807) is 41.0 Å². The Kier molecular flexibility index (Phi) is 6.76. The first kappa shape index (κ1) is 22.3. The Hall–Kier alpha value is -2.91. The van der Waals surface area contributed by atoms with Crippen molar-refractivity contribution in [3.05, 3.63) is 48.8 Å². The first-order valence-electron chi connectivity index (χ1n) is 10.9. The molecule has 1 aliphatic rings. The number of imidazole rings is 1. The van der Waals surface area contributed by atoms with Gasteiger partial charge in [-0.3, -0.25) is 4.79 Å². The smallest absolute Gasteiger partial charge is 0.243 e. The maximum Gasteiger partial charge on any atom is 0.243 e. The summed E-state index contributed by atoms with van der Waals surface area (Å²) in [5.74, 6) is 0.650. The third-order valence-corrected chi connectivity index (χ3v) is 7.47. The van der Waals surface area contributed by atoms with E-state index >= 15 is 0 Å². The maximum atomic E-state index is 12.9. The molecule has 2 heterocycles. The standard InChI is InChI=1S/C23H28N4O4S/c1-2-31-19-8-6-18(7-9-19)25-23(28)12-15-26-17-24-21-16-20(10-11-22(21)26)32(29,30)27-13-4-3-5-14-27/h6-11,16-17H,2-5,12-15H2,1H3,(H,25,28). The number of hydrogen-bond donors (Lipinski definition) is 1. The number of fused-ring (bicyclic) bond motifs is 1. The highest BCUT2D eigenvalue weighted by molar-refractivity contribution is 7.89. The summed E-state index contributed by atoms with van der Waals surface area (Å²) in [7, 11) is -3.50. The van der Waals surface area contributed by atoms with Crippen LogP contribution in [0.5, 0.6) is 5.75 Å². The van der Waals surface area contributed by atoms with Gasteiger partial charge in [0, 0.05) is 31.7 Å². The van der Waals surface area contributed by atoms with E-state index in [1.807, 2.05) is 23.6 Å². The van der Waals surface area contributed by atoms with Crippen molar-refractivity contribution >= 4 is 32.7 Å². The van der Waals surface area contributed by atoms with E-state index in [4.69, 9.17) is 4.74 Å². The van der Waals surface area contributed by atoms with Gasteiger partial charge in [-0.25, -0.2) is 13.4 Å². The van der Waals surface area contributed by atoms with Crippen molar-refractivity contribution in [2.24, 2.45) is 0 Å². The topological polar surface area (TPSA) is 93.5 Å². The largest absolute Gasteiger partial charge is 0.494 e. The lowest BCUT2D eigenvalue weighted by molar-refractivity contribution is -0.116. The molecule has 8 nitrogen and oxygen atoms in total. The number of rotatable bonds is 8. The first-order valence-corrected chi connectivity index (χ1v) is 12.4. The number of piperidine rings is 1. The van der Waals surface area contributed by atoms with Crippen LogP contribution >= 0.6 is 0 Å². The summed E-state index contributed by atoms with van der Waals surface area (Å²) in [6.07, 6.45) is 4.78. The number of benzene rings is 2. The predicted molar refractivity (Wildman–Crippen MR) is 123 cm³/mol. The average molecular weight is 457 g/mol. The van der Waals surface area contributed by atoms with Crippen LogP contribution in [0.3, 0.4) is 0 Å². The number of ether oxygens (including phenoxy) is 1. The Labute approximate surface area is 188 Å². The van der Waals surface area contributed by atoms with Crippen LogP contribution < -0.4 is 10.1 Å². The van der Waals surface area contributed by atoms with Crippen molar-refractivity contribution in [2.75, 3.05) is 25.0 Å². The summed E-state index contributed by atoms with van der Waals surface area (Å²) in [6, 6.07) is 12.3. The van der Waals surface area contributed by atoms with Gasteiger partial charge >= 0.3 is 0 Å². The first-order chi connectivity index (χ1) is 15.5. The molecule has 32 heavy (non-hydrogen) atoms. The predicted octanol–water partition coefficient (Wildman–Crippen LogP) is 3.64. The second kappa shape index (κ2) is 9.70. The molecule has 0 radical (unpaired) electrons. The molecule has 3 aromatic rings. The van der Waals surface area contributed by atoms with Crippen LogP contribution in [-0.2, 0) is 21.4 Å². The third kappa shape index (κ3) is 4.94. The molecule has 1 fully saturated rings. The molecule has 0 atom stereocenters. The zero-order valence-electron chi connectivity index (χ0n) is 18.2. The van der Waals surface area contributed by atoms with Crippen LogP contribution in [0.1, 0.15) is 32.6 Å². The van der Waals surface area contributed by atoms with E-state index in [1.165, 1.54) is 0 Å². The fraction of sp³-hybridized carbons (Fsp3) is 0.391. The van der Waals surface area contributed by atoms with E-state index < -0.39 is 10.0 Å². The molecule has 9 heteroatoms. The van der Waals surface area contributed by atoms with Crippen molar-refractivity contribution in [1.82, 2.24) is 13.9 Å². The zero-order valence-corrected chi connectivity index (χ0v) is 19.0. The quantitative estimate of drug-likeness (QED) is 0.559. The van der Waals surface area contributed by atoms with E-state index in [-0.39, 0.29) is 17.2 Å². The summed E-state index contributed by atoms with van der Waals surface area (Å²) in [5, 5.41) is 2.87. The third-order valence-electron chi connectivity index (χ3n) is 5.57. The fourth-order valence-corrected chi connectivity index (χ4v) is 5.42. The molecule has 170 valence electrons. The summed E-state index contributed by atoms with van der Waals surface area (Å²) in [4.78, 5) is 17.0. The molecule has 1 aromatic heterocycles. The van der Waals surface area contributed by atoms with Crippen molar-refractivity contribution < 1.29 is 17.9 Å². The van der Waals surface area contributed by atoms with Gasteiger partial charge < -0.3 is 14.6 Å². The van der Waals surface area contributed by atoms with Gasteiger partial charge in [-0.1, -0.05) is 6.42 Å². The number of nitrogens with one attached hydrogen (secondary N) is 1. The molecule has 1 N–H and O–H groups in total. The highest BCUT2D eigenvalue weighted by Crippen LogP contribution is 2.24. The number of carbonyl (C=O) groups is 1. The van der Waals surface area contributed by atoms with Crippen LogP contribution in [0.2, 0.25) is 0 Å². The van der Waals surface area contributed by atoms with E-state index in [2.05, 4.69) is 10.3 Å². The fourth-order valence-electron chi connectivity index (χ4n) is 3.88. The number of aromatic nitrogens is 2. The van der Waals surface area contributed by atoms with Crippen molar-refractivity contribution in [3.8, 4) is 5.75 Å². The molecular formula is C23H28N4O4S. The summed E-state index contributed by atoms with van der Waals surface area (Å²) < 4.78 is 34.7. The number of amides is 1. The molecule has 0 aliphatic carbocycles. The molecule has 0 spiro atoms. The zero-order chi connectivity index (χ0) is 22.6. The Morgan fingerprint density at radius 1 is 1.09 bits per heavy atom. The molecule has 0 bridgehead atoms. The van der Waals surface area contributed by atoms with Gasteiger partial charge in [0.05, 0.1) is 28.9 Å². The molecule has 1 amide bonds. The van der Waals surface area contributed by atoms with E-state index in [0.717, 1.165) is 30.5 Å². The summed E-state index contributed by atoms with van der Waals surface area (Å²) in [5.41, 5.74) is 2.12. The van der Waals surface area contributed by atoms with Gasteiger partial charge in [-0.05, 0) is 62.2 Å². The Morgan fingerprint density at radius 3 is 2.56 bits per heavy atom. The Balaban J connectivity index is 1.40. The lowest BCUT2D eigenvalue weighted by Gasteiger charge is -2.25. The SMILES string of the molecule is CCOc1ccc(NC(=O)CCn2cnc3cc(S(=O)(=O)N4CCCCC4)ccc32)cc1. The Bertz CT molecular complexity index is 1180. The Morgan fingerprint density at radius 2 is 1.84 bits per heavy atom. The lowest BCUT2D eigenvalue weighted by atomic mass is 10.2. The minimum absolute atomic E-state index is 0.111. The second-order valence-corrected chi connectivity index (χ2v) is 9.75. The summed E-state index contributed by atoms with van der Waals surface area (Å²) in [6.45, 7) is 4.09. The van der Waals surface area contributed by atoms with Crippen LogP contribution in [0.15, 0.2) is 53.7 Å². The second-order valence-electron chi connectivity index (χ2n) is 7.81.